The van der Waals surface area contributed by atoms with Crippen LogP contribution in [0.3, 0.4) is 0 Å². The topological polar surface area (TPSA) is 57.2 Å². The summed E-state index contributed by atoms with van der Waals surface area (Å²) in [5.41, 5.74) is 0. The van der Waals surface area contributed by atoms with Gasteiger partial charge in [-0.3, -0.25) is 0 Å². The van der Waals surface area contributed by atoms with Crippen LogP contribution in [-0.2, 0) is 0 Å². The molecule has 0 radical (unpaired) electrons. The van der Waals surface area contributed by atoms with Gasteiger partial charge in [0.15, 0.2) is 0 Å². The van der Waals surface area contributed by atoms with Gasteiger partial charge in [-0.05, 0) is 25.2 Å². The standard InChI is InChI=1S/C14H24N6/c1-15-12-16-13(19(2)3)18-14(17-12)20-9-8-10-6-4-5-7-11(10)20/h10-11H,4-9H2,1-3H3,(H,15,16,17,18). The van der Waals surface area contributed by atoms with Gasteiger partial charge in [0.05, 0.1) is 0 Å². The van der Waals surface area contributed by atoms with E-state index in [0.29, 0.717) is 12.0 Å². The number of anilines is 3. The number of hydrogen-bond donors (Lipinski definition) is 1. The van der Waals surface area contributed by atoms with Gasteiger partial charge >= 0.3 is 0 Å². The number of fused-ring (bicyclic) bond motifs is 1. The molecule has 2 atom stereocenters. The average molecular weight is 276 g/mol. The van der Waals surface area contributed by atoms with Gasteiger partial charge in [0.2, 0.25) is 17.8 Å². The minimum absolute atomic E-state index is 0.630. The number of rotatable bonds is 3. The quantitative estimate of drug-likeness (QED) is 0.907. The van der Waals surface area contributed by atoms with Gasteiger partial charge in [-0.2, -0.15) is 15.0 Å². The molecule has 1 aliphatic carbocycles. The number of nitrogens with one attached hydrogen (secondary N) is 1. The van der Waals surface area contributed by atoms with Crippen LogP contribution in [-0.4, -0.2) is 48.7 Å². The molecular weight excluding hydrogens is 252 g/mol. The van der Waals surface area contributed by atoms with Crippen LogP contribution in [0, 0.1) is 5.92 Å². The fourth-order valence-corrected chi connectivity index (χ4v) is 3.45. The Hall–Kier alpha value is -1.59. The first-order chi connectivity index (χ1) is 9.69. The van der Waals surface area contributed by atoms with E-state index < -0.39 is 0 Å². The Labute approximate surface area is 120 Å². The third-order valence-corrected chi connectivity index (χ3v) is 4.50. The first kappa shape index (κ1) is 13.4. The second-order valence-corrected chi connectivity index (χ2v) is 6.00. The molecule has 1 aromatic rings. The maximum Gasteiger partial charge on any atom is 0.232 e. The zero-order chi connectivity index (χ0) is 14.1. The summed E-state index contributed by atoms with van der Waals surface area (Å²) in [6.07, 6.45) is 6.65. The molecule has 2 fully saturated rings. The van der Waals surface area contributed by atoms with Crippen molar-refractivity contribution in [2.45, 2.75) is 38.1 Å². The summed E-state index contributed by atoms with van der Waals surface area (Å²) < 4.78 is 0. The van der Waals surface area contributed by atoms with Crippen LogP contribution in [0.25, 0.3) is 0 Å². The molecule has 6 heteroatoms. The smallest absolute Gasteiger partial charge is 0.232 e. The molecule has 1 aliphatic heterocycles. The van der Waals surface area contributed by atoms with Gasteiger partial charge in [0.25, 0.3) is 0 Å². The van der Waals surface area contributed by atoms with Gasteiger partial charge in [0, 0.05) is 33.7 Å². The Morgan fingerprint density at radius 3 is 2.65 bits per heavy atom. The lowest BCUT2D eigenvalue weighted by molar-refractivity contribution is 0.341. The Morgan fingerprint density at radius 2 is 1.90 bits per heavy atom. The van der Waals surface area contributed by atoms with E-state index in [9.17, 15) is 0 Å². The Kier molecular flexibility index (Phi) is 3.63. The van der Waals surface area contributed by atoms with E-state index in [4.69, 9.17) is 0 Å². The SMILES string of the molecule is CNc1nc(N(C)C)nc(N2CCC3CCCCC32)n1. The summed E-state index contributed by atoms with van der Waals surface area (Å²) in [5.74, 6) is 3.04. The van der Waals surface area contributed by atoms with Crippen LogP contribution in [0.2, 0.25) is 0 Å². The maximum absolute atomic E-state index is 4.64. The van der Waals surface area contributed by atoms with Crippen molar-refractivity contribution in [3.8, 4) is 0 Å². The number of nitrogens with zero attached hydrogens (tertiary/aromatic N) is 5. The molecule has 0 bridgehead atoms. The van der Waals surface area contributed by atoms with Crippen LogP contribution >= 0.6 is 0 Å². The summed E-state index contributed by atoms with van der Waals surface area (Å²) in [5, 5.41) is 3.04. The summed E-state index contributed by atoms with van der Waals surface area (Å²) in [6.45, 7) is 1.08. The molecule has 110 valence electrons. The lowest BCUT2D eigenvalue weighted by Gasteiger charge is -2.32. The molecule has 2 aliphatic rings. The third-order valence-electron chi connectivity index (χ3n) is 4.50. The number of aromatic nitrogens is 3. The molecule has 0 spiro atoms. The van der Waals surface area contributed by atoms with Crippen LogP contribution in [0.15, 0.2) is 0 Å². The van der Waals surface area contributed by atoms with Crippen LogP contribution in [0.4, 0.5) is 17.8 Å². The summed E-state index contributed by atoms with van der Waals surface area (Å²) in [6, 6.07) is 0.630. The van der Waals surface area contributed by atoms with Crippen molar-refractivity contribution in [1.82, 2.24) is 15.0 Å². The van der Waals surface area contributed by atoms with Crippen LogP contribution < -0.4 is 15.1 Å². The second-order valence-electron chi connectivity index (χ2n) is 6.00. The minimum Gasteiger partial charge on any atom is -0.357 e. The van der Waals surface area contributed by atoms with Crippen LogP contribution in [0.1, 0.15) is 32.1 Å². The molecular formula is C14H24N6. The number of hydrogen-bond acceptors (Lipinski definition) is 6. The first-order valence-electron chi connectivity index (χ1n) is 7.57. The van der Waals surface area contributed by atoms with Crippen molar-refractivity contribution < 1.29 is 0 Å². The highest BCUT2D eigenvalue weighted by molar-refractivity contribution is 5.45. The van der Waals surface area contributed by atoms with Gasteiger partial charge < -0.3 is 15.1 Å². The Morgan fingerprint density at radius 1 is 1.10 bits per heavy atom. The van der Waals surface area contributed by atoms with Crippen molar-refractivity contribution >= 4 is 17.8 Å². The fourth-order valence-electron chi connectivity index (χ4n) is 3.45. The molecule has 20 heavy (non-hydrogen) atoms. The molecule has 0 amide bonds. The molecule has 0 aromatic carbocycles. The van der Waals surface area contributed by atoms with E-state index in [1.165, 1.54) is 32.1 Å². The molecule has 2 unspecified atom stereocenters. The monoisotopic (exact) mass is 276 g/mol. The Balaban J connectivity index is 1.91. The lowest BCUT2D eigenvalue weighted by Crippen LogP contribution is -2.36. The van der Waals surface area contributed by atoms with E-state index >= 15 is 0 Å². The van der Waals surface area contributed by atoms with Gasteiger partial charge in [-0.25, -0.2) is 0 Å². The average Bonchev–Trinajstić information content (AvgIpc) is 2.90. The zero-order valence-electron chi connectivity index (χ0n) is 12.6. The second kappa shape index (κ2) is 5.42. The highest BCUT2D eigenvalue weighted by Gasteiger charge is 2.37. The molecule has 1 saturated carbocycles. The highest BCUT2D eigenvalue weighted by Crippen LogP contribution is 2.38. The molecule has 3 rings (SSSR count). The summed E-state index contributed by atoms with van der Waals surface area (Å²) in [7, 11) is 5.78. The van der Waals surface area contributed by atoms with Crippen molar-refractivity contribution in [3.63, 3.8) is 0 Å². The first-order valence-corrected chi connectivity index (χ1v) is 7.57. The molecule has 6 nitrogen and oxygen atoms in total. The fraction of sp³-hybridized carbons (Fsp3) is 0.786. The third kappa shape index (κ3) is 2.39. The predicted molar refractivity (Wildman–Crippen MR) is 81.4 cm³/mol. The van der Waals surface area contributed by atoms with Crippen molar-refractivity contribution in [3.05, 3.63) is 0 Å². The zero-order valence-corrected chi connectivity index (χ0v) is 12.6. The van der Waals surface area contributed by atoms with Crippen molar-refractivity contribution in [2.75, 3.05) is 42.8 Å². The summed E-state index contributed by atoms with van der Waals surface area (Å²) >= 11 is 0. The Bertz CT molecular complexity index is 475. The normalized spacial score (nSPS) is 25.4. The van der Waals surface area contributed by atoms with Crippen LogP contribution in [0.5, 0.6) is 0 Å². The lowest BCUT2D eigenvalue weighted by atomic mass is 9.85. The van der Waals surface area contributed by atoms with Gasteiger partial charge in [0.1, 0.15) is 0 Å². The minimum atomic E-state index is 0.630. The van der Waals surface area contributed by atoms with Gasteiger partial charge in [-0.1, -0.05) is 12.8 Å². The molecule has 1 N–H and O–H groups in total. The van der Waals surface area contributed by atoms with Crippen molar-refractivity contribution in [1.29, 1.82) is 0 Å². The van der Waals surface area contributed by atoms with E-state index in [0.717, 1.165) is 24.4 Å². The van der Waals surface area contributed by atoms with Crippen molar-refractivity contribution in [2.24, 2.45) is 5.92 Å². The largest absolute Gasteiger partial charge is 0.357 e. The van der Waals surface area contributed by atoms with E-state index in [-0.39, 0.29) is 0 Å². The predicted octanol–water partition coefficient (Wildman–Crippen LogP) is 1.75. The van der Waals surface area contributed by atoms with E-state index in [1.807, 2.05) is 26.0 Å². The molecule has 1 aromatic heterocycles. The maximum atomic E-state index is 4.64. The summed E-state index contributed by atoms with van der Waals surface area (Å²) in [4.78, 5) is 17.9. The van der Waals surface area contributed by atoms with Gasteiger partial charge in [-0.15, -0.1) is 0 Å². The van der Waals surface area contributed by atoms with E-state index in [2.05, 4.69) is 25.2 Å². The molecule has 1 saturated heterocycles. The highest BCUT2D eigenvalue weighted by atomic mass is 15.4. The molecule has 2 heterocycles. The van der Waals surface area contributed by atoms with E-state index in [1.54, 1.807) is 0 Å².